The summed E-state index contributed by atoms with van der Waals surface area (Å²) in [7, 11) is 1.24. The van der Waals surface area contributed by atoms with Crippen LogP contribution in [0.2, 0.25) is 0 Å². The average molecular weight is 436 g/mol. The van der Waals surface area contributed by atoms with E-state index in [9.17, 15) is 24.5 Å². The molecule has 3 aromatic rings. The predicted octanol–water partition coefficient (Wildman–Crippen LogP) is 2.48. The molecule has 0 saturated carbocycles. The standard InChI is InChI=1S/C22H20N4O6/c1-14-12-19(27)21(24-25(14)17-10-6-7-11-18(17)26(30)31)22(29)23-16(13-20(28)32-2)15-8-4-3-5-9-15/h3-12,16H,13H2,1-2H3,(H,23,29). The van der Waals surface area contributed by atoms with Crippen LogP contribution in [0.3, 0.4) is 0 Å². The lowest BCUT2D eigenvalue weighted by Gasteiger charge is -2.18. The Morgan fingerprint density at radius 3 is 2.47 bits per heavy atom. The van der Waals surface area contributed by atoms with Gasteiger partial charge in [-0.3, -0.25) is 24.5 Å². The number of amides is 1. The number of carbonyl (C=O) groups excluding carboxylic acids is 2. The first-order valence-electron chi connectivity index (χ1n) is 9.59. The van der Waals surface area contributed by atoms with Crippen LogP contribution in [-0.2, 0) is 9.53 Å². The van der Waals surface area contributed by atoms with Crippen LogP contribution in [0.4, 0.5) is 5.69 Å². The maximum atomic E-state index is 13.0. The molecule has 0 aliphatic rings. The van der Waals surface area contributed by atoms with Crippen LogP contribution in [0.5, 0.6) is 0 Å². The number of nitro groups is 1. The van der Waals surface area contributed by atoms with Gasteiger partial charge in [0.2, 0.25) is 5.43 Å². The summed E-state index contributed by atoms with van der Waals surface area (Å²) in [6.07, 6.45) is -0.156. The second kappa shape index (κ2) is 9.65. The molecule has 10 nitrogen and oxygen atoms in total. The van der Waals surface area contributed by atoms with Crippen molar-refractivity contribution in [2.75, 3.05) is 7.11 Å². The molecule has 0 aliphatic heterocycles. The van der Waals surface area contributed by atoms with Crippen molar-refractivity contribution in [3.05, 3.63) is 98.0 Å². The number of benzene rings is 2. The second-order valence-corrected chi connectivity index (χ2v) is 6.87. The van der Waals surface area contributed by atoms with E-state index < -0.39 is 34.0 Å². The van der Waals surface area contributed by atoms with Crippen molar-refractivity contribution in [2.45, 2.75) is 19.4 Å². The molecule has 1 heterocycles. The highest BCUT2D eigenvalue weighted by atomic mass is 16.6. The fourth-order valence-electron chi connectivity index (χ4n) is 3.16. The van der Waals surface area contributed by atoms with Crippen LogP contribution >= 0.6 is 0 Å². The third kappa shape index (κ3) is 4.86. The number of nitrogens with one attached hydrogen (secondary N) is 1. The third-order valence-electron chi connectivity index (χ3n) is 4.73. The molecule has 0 fully saturated rings. The third-order valence-corrected chi connectivity index (χ3v) is 4.73. The summed E-state index contributed by atoms with van der Waals surface area (Å²) in [4.78, 5) is 48.2. The fourth-order valence-corrected chi connectivity index (χ4v) is 3.16. The van der Waals surface area contributed by atoms with Gasteiger partial charge in [-0.15, -0.1) is 0 Å². The number of ether oxygens (including phenoxy) is 1. The van der Waals surface area contributed by atoms with Gasteiger partial charge in [0, 0.05) is 17.8 Å². The van der Waals surface area contributed by atoms with Crippen LogP contribution in [0.15, 0.2) is 65.5 Å². The molecule has 0 radical (unpaired) electrons. The maximum absolute atomic E-state index is 13.0. The SMILES string of the molecule is COC(=O)CC(NC(=O)c1nn(-c2ccccc2[N+](=O)[O-])c(C)cc1=O)c1ccccc1. The lowest BCUT2D eigenvalue weighted by Crippen LogP contribution is -2.35. The van der Waals surface area contributed by atoms with Crippen LogP contribution in [0, 0.1) is 17.0 Å². The number of nitrogens with zero attached hydrogens (tertiary/aromatic N) is 3. The molecule has 2 aromatic carbocycles. The van der Waals surface area contributed by atoms with E-state index in [0.29, 0.717) is 11.3 Å². The van der Waals surface area contributed by atoms with Crippen molar-refractivity contribution in [1.29, 1.82) is 0 Å². The summed E-state index contributed by atoms with van der Waals surface area (Å²) in [6.45, 7) is 1.55. The molecule has 1 amide bonds. The van der Waals surface area contributed by atoms with E-state index in [-0.39, 0.29) is 17.8 Å². The lowest BCUT2D eigenvalue weighted by atomic mass is 10.0. The van der Waals surface area contributed by atoms with Crippen LogP contribution in [0.1, 0.15) is 34.2 Å². The zero-order chi connectivity index (χ0) is 23.3. The quantitative estimate of drug-likeness (QED) is 0.342. The number of esters is 1. The average Bonchev–Trinajstić information content (AvgIpc) is 2.79. The molecule has 3 rings (SSSR count). The number of hydrogen-bond acceptors (Lipinski definition) is 7. The Morgan fingerprint density at radius 2 is 1.81 bits per heavy atom. The molecule has 1 aromatic heterocycles. The Labute approximate surface area is 182 Å². The van der Waals surface area contributed by atoms with Gasteiger partial charge in [0.15, 0.2) is 5.69 Å². The summed E-state index contributed by atoms with van der Waals surface area (Å²) in [5.41, 5.74) is -0.282. The maximum Gasteiger partial charge on any atom is 0.307 e. The van der Waals surface area contributed by atoms with Gasteiger partial charge >= 0.3 is 5.97 Å². The molecule has 1 N–H and O–H groups in total. The Kier molecular flexibility index (Phi) is 6.74. The van der Waals surface area contributed by atoms with Gasteiger partial charge in [-0.05, 0) is 18.6 Å². The van der Waals surface area contributed by atoms with E-state index in [1.807, 2.05) is 0 Å². The highest BCUT2D eigenvalue weighted by Crippen LogP contribution is 2.22. The molecular weight excluding hydrogens is 416 g/mol. The minimum Gasteiger partial charge on any atom is -0.469 e. The summed E-state index contributed by atoms with van der Waals surface area (Å²) in [5, 5.41) is 18.1. The number of methoxy groups -OCH3 is 1. The number of nitro benzene ring substituents is 1. The number of para-hydroxylation sites is 2. The normalized spacial score (nSPS) is 11.4. The molecule has 10 heteroatoms. The number of aromatic nitrogens is 2. The van der Waals surface area contributed by atoms with Crippen molar-refractivity contribution < 1.29 is 19.2 Å². The Hall–Kier alpha value is -4.34. The van der Waals surface area contributed by atoms with E-state index in [0.717, 1.165) is 0 Å². The van der Waals surface area contributed by atoms with Crippen molar-refractivity contribution in [3.8, 4) is 5.69 Å². The lowest BCUT2D eigenvalue weighted by molar-refractivity contribution is -0.384. The van der Waals surface area contributed by atoms with E-state index in [2.05, 4.69) is 10.4 Å². The summed E-state index contributed by atoms with van der Waals surface area (Å²) >= 11 is 0. The molecule has 32 heavy (non-hydrogen) atoms. The topological polar surface area (TPSA) is 133 Å². The number of hydrogen-bond donors (Lipinski definition) is 1. The highest BCUT2D eigenvalue weighted by molar-refractivity contribution is 5.92. The number of rotatable bonds is 7. The Balaban J connectivity index is 2.01. The summed E-state index contributed by atoms with van der Waals surface area (Å²) in [6, 6.07) is 15.0. The smallest absolute Gasteiger partial charge is 0.307 e. The summed E-state index contributed by atoms with van der Waals surface area (Å²) in [5.74, 6) is -1.37. The zero-order valence-corrected chi connectivity index (χ0v) is 17.3. The Bertz CT molecular complexity index is 1220. The largest absolute Gasteiger partial charge is 0.469 e. The predicted molar refractivity (Wildman–Crippen MR) is 115 cm³/mol. The van der Waals surface area contributed by atoms with E-state index in [4.69, 9.17) is 4.74 Å². The Morgan fingerprint density at radius 1 is 1.16 bits per heavy atom. The minimum absolute atomic E-state index is 0.109. The second-order valence-electron chi connectivity index (χ2n) is 6.87. The van der Waals surface area contributed by atoms with E-state index >= 15 is 0 Å². The van der Waals surface area contributed by atoms with Gasteiger partial charge in [-0.1, -0.05) is 42.5 Å². The number of aryl methyl sites for hydroxylation is 1. The molecule has 0 bridgehead atoms. The van der Waals surface area contributed by atoms with Crippen LogP contribution in [0.25, 0.3) is 5.69 Å². The fraction of sp³-hybridized carbons (Fsp3) is 0.182. The zero-order valence-electron chi connectivity index (χ0n) is 17.3. The van der Waals surface area contributed by atoms with Gasteiger partial charge < -0.3 is 10.1 Å². The van der Waals surface area contributed by atoms with Gasteiger partial charge in [0.1, 0.15) is 5.69 Å². The van der Waals surface area contributed by atoms with Crippen molar-refractivity contribution >= 4 is 17.6 Å². The highest BCUT2D eigenvalue weighted by Gasteiger charge is 2.24. The van der Waals surface area contributed by atoms with Crippen molar-refractivity contribution in [1.82, 2.24) is 15.1 Å². The van der Waals surface area contributed by atoms with Gasteiger partial charge in [0.25, 0.3) is 11.6 Å². The monoisotopic (exact) mass is 436 g/mol. The van der Waals surface area contributed by atoms with Gasteiger partial charge in [0.05, 0.1) is 24.5 Å². The van der Waals surface area contributed by atoms with Crippen LogP contribution < -0.4 is 10.7 Å². The van der Waals surface area contributed by atoms with Crippen molar-refractivity contribution in [3.63, 3.8) is 0 Å². The molecule has 0 saturated heterocycles. The molecule has 0 spiro atoms. The molecular formula is C22H20N4O6. The first-order chi connectivity index (χ1) is 15.3. The van der Waals surface area contributed by atoms with E-state index in [1.165, 1.54) is 36.1 Å². The summed E-state index contributed by atoms with van der Waals surface area (Å²) < 4.78 is 5.88. The van der Waals surface area contributed by atoms with Gasteiger partial charge in [-0.2, -0.15) is 5.10 Å². The van der Waals surface area contributed by atoms with Crippen LogP contribution in [-0.4, -0.2) is 33.7 Å². The first kappa shape index (κ1) is 22.3. The number of carbonyl (C=O) groups is 2. The van der Waals surface area contributed by atoms with E-state index in [1.54, 1.807) is 43.3 Å². The molecule has 164 valence electrons. The first-order valence-corrected chi connectivity index (χ1v) is 9.59. The van der Waals surface area contributed by atoms with Crippen molar-refractivity contribution in [2.24, 2.45) is 0 Å². The molecule has 1 atom stereocenters. The minimum atomic E-state index is -0.819. The molecule has 1 unspecified atom stereocenters. The van der Waals surface area contributed by atoms with Gasteiger partial charge in [-0.25, -0.2) is 4.68 Å². The molecule has 0 aliphatic carbocycles.